The van der Waals surface area contributed by atoms with Crippen molar-refractivity contribution < 1.29 is 64.6 Å². The summed E-state index contributed by atoms with van der Waals surface area (Å²) in [5, 5.41) is 86.7. The monoisotopic (exact) mass is 930 g/mol. The van der Waals surface area contributed by atoms with E-state index in [1.807, 2.05) is 6.08 Å². The van der Waals surface area contributed by atoms with Crippen LogP contribution in [0.25, 0.3) is 0 Å². The number of nitrogens with one attached hydrogen (secondary N) is 1. The average Bonchev–Trinajstić information content (AvgIpc) is 3.30. The molecule has 2 heterocycles. The molecule has 0 aromatic carbocycles. The Morgan fingerprint density at radius 1 is 0.538 bits per heavy atom. The normalized spacial score (nSPS) is 27.2. The maximum Gasteiger partial charge on any atom is 0.220 e. The maximum atomic E-state index is 13.2. The van der Waals surface area contributed by atoms with Crippen LogP contribution in [-0.4, -0.2) is 140 Å². The van der Waals surface area contributed by atoms with Gasteiger partial charge >= 0.3 is 0 Å². The van der Waals surface area contributed by atoms with Gasteiger partial charge in [0, 0.05) is 6.42 Å². The molecule has 2 saturated heterocycles. The fourth-order valence-electron chi connectivity index (χ4n) is 8.58. The van der Waals surface area contributed by atoms with Gasteiger partial charge in [0.2, 0.25) is 5.91 Å². The molecule has 382 valence electrons. The van der Waals surface area contributed by atoms with E-state index in [1.165, 1.54) is 116 Å². The number of rotatable bonds is 40. The van der Waals surface area contributed by atoms with Crippen LogP contribution in [0.5, 0.6) is 0 Å². The maximum absolute atomic E-state index is 13.2. The predicted molar refractivity (Wildman–Crippen MR) is 254 cm³/mol. The van der Waals surface area contributed by atoms with Crippen molar-refractivity contribution in [3.8, 4) is 0 Å². The standard InChI is InChI=1S/C51H95NO13/c1-3-5-7-9-11-13-15-17-18-19-20-21-23-24-26-28-30-32-34-40(55)39(52-43(56)35-33-31-29-27-25-22-16-14-12-10-8-6-4-2)38-62-50-48(61)46(59)49(42(37-54)64-50)65-51-47(60)45(58)44(57)41(36-53)63-51/h14,16,32,34,39-42,44-51,53-55,57-61H,3-13,15,17-31,33,35-38H2,1-2H3,(H,52,56)/b16-14-,34-32+. The van der Waals surface area contributed by atoms with Gasteiger partial charge in [0.25, 0.3) is 0 Å². The minimum Gasteiger partial charge on any atom is -0.394 e. The summed E-state index contributed by atoms with van der Waals surface area (Å²) in [7, 11) is 0. The molecule has 12 atom stereocenters. The summed E-state index contributed by atoms with van der Waals surface area (Å²) in [6.07, 6.45) is 25.0. The first-order valence-electron chi connectivity index (χ1n) is 26.1. The summed E-state index contributed by atoms with van der Waals surface area (Å²) in [4.78, 5) is 13.2. The molecule has 9 N–H and O–H groups in total. The number of aliphatic hydroxyl groups is 8. The lowest BCUT2D eigenvalue weighted by molar-refractivity contribution is -0.359. The van der Waals surface area contributed by atoms with Gasteiger partial charge in [0.1, 0.15) is 48.8 Å². The van der Waals surface area contributed by atoms with Crippen LogP contribution in [0.2, 0.25) is 0 Å². The van der Waals surface area contributed by atoms with Crippen LogP contribution < -0.4 is 5.32 Å². The van der Waals surface area contributed by atoms with E-state index in [-0.39, 0.29) is 18.9 Å². The summed E-state index contributed by atoms with van der Waals surface area (Å²) in [6, 6.07) is -0.915. The van der Waals surface area contributed by atoms with Gasteiger partial charge in [-0.05, 0) is 44.9 Å². The van der Waals surface area contributed by atoms with E-state index in [1.54, 1.807) is 6.08 Å². The molecule has 0 radical (unpaired) electrons. The zero-order valence-electron chi connectivity index (χ0n) is 40.5. The third-order valence-electron chi connectivity index (χ3n) is 12.9. The van der Waals surface area contributed by atoms with Crippen LogP contribution in [0.1, 0.15) is 200 Å². The Hall–Kier alpha value is -1.53. The molecule has 0 bridgehead atoms. The zero-order chi connectivity index (χ0) is 47.5. The van der Waals surface area contributed by atoms with Crippen LogP contribution in [0, 0.1) is 0 Å². The van der Waals surface area contributed by atoms with E-state index in [4.69, 9.17) is 18.9 Å². The van der Waals surface area contributed by atoms with Gasteiger partial charge < -0.3 is 65.1 Å². The molecular formula is C51H95NO13. The SMILES string of the molecule is CCCCCC/C=C\CCCCCCCC(=O)NC(COC1OC(CO)C(OC2OC(CO)C(O)C(O)C2O)C(O)C1O)C(O)/C=C/CCCCCCCCCCCCCCCCCC. The van der Waals surface area contributed by atoms with Gasteiger partial charge in [-0.2, -0.15) is 0 Å². The first kappa shape index (κ1) is 59.6. The molecule has 2 rings (SSSR count). The summed E-state index contributed by atoms with van der Waals surface area (Å²) >= 11 is 0. The number of carbonyl (C=O) groups excluding carboxylic acids is 1. The van der Waals surface area contributed by atoms with E-state index >= 15 is 0 Å². The predicted octanol–water partition coefficient (Wildman–Crippen LogP) is 6.94. The minimum atomic E-state index is -1.79. The van der Waals surface area contributed by atoms with E-state index < -0.39 is 86.8 Å². The molecule has 65 heavy (non-hydrogen) atoms. The number of aliphatic hydroxyl groups excluding tert-OH is 8. The molecule has 0 aromatic heterocycles. The van der Waals surface area contributed by atoms with Crippen molar-refractivity contribution in [2.45, 2.75) is 274 Å². The van der Waals surface area contributed by atoms with Crippen LogP contribution in [0.4, 0.5) is 0 Å². The average molecular weight is 930 g/mol. The van der Waals surface area contributed by atoms with Crippen molar-refractivity contribution in [1.82, 2.24) is 5.32 Å². The number of ether oxygens (including phenoxy) is 4. The second-order valence-electron chi connectivity index (χ2n) is 18.6. The van der Waals surface area contributed by atoms with Crippen molar-refractivity contribution in [2.75, 3.05) is 19.8 Å². The lowest BCUT2D eigenvalue weighted by atomic mass is 9.97. The molecule has 2 aliphatic rings. The highest BCUT2D eigenvalue weighted by Crippen LogP contribution is 2.30. The Balaban J connectivity index is 1.84. The summed E-state index contributed by atoms with van der Waals surface area (Å²) in [5.74, 6) is -0.249. The summed E-state index contributed by atoms with van der Waals surface area (Å²) in [5.41, 5.74) is 0. The quantitative estimate of drug-likeness (QED) is 0.0225. The third kappa shape index (κ3) is 25.6. The number of amides is 1. The van der Waals surface area contributed by atoms with Crippen molar-refractivity contribution >= 4 is 5.91 Å². The van der Waals surface area contributed by atoms with Crippen molar-refractivity contribution in [3.05, 3.63) is 24.3 Å². The molecular weight excluding hydrogens is 835 g/mol. The van der Waals surface area contributed by atoms with Crippen LogP contribution in [0.15, 0.2) is 24.3 Å². The van der Waals surface area contributed by atoms with Gasteiger partial charge in [0.05, 0.1) is 32.0 Å². The Bertz CT molecular complexity index is 1190. The van der Waals surface area contributed by atoms with Crippen LogP contribution in [-0.2, 0) is 23.7 Å². The first-order valence-corrected chi connectivity index (χ1v) is 26.1. The lowest BCUT2D eigenvalue weighted by Gasteiger charge is -2.46. The molecule has 0 aliphatic carbocycles. The summed E-state index contributed by atoms with van der Waals surface area (Å²) in [6.45, 7) is 2.77. The fraction of sp³-hybridized carbons (Fsp3) is 0.902. The second kappa shape index (κ2) is 38.3. The van der Waals surface area contributed by atoms with Gasteiger partial charge in [0.15, 0.2) is 12.6 Å². The topological polar surface area (TPSA) is 228 Å². The first-order chi connectivity index (χ1) is 31.6. The Morgan fingerprint density at radius 2 is 0.969 bits per heavy atom. The molecule has 14 heteroatoms. The molecule has 0 spiro atoms. The molecule has 0 saturated carbocycles. The fourth-order valence-corrected chi connectivity index (χ4v) is 8.58. The highest BCUT2D eigenvalue weighted by atomic mass is 16.7. The number of allylic oxidation sites excluding steroid dienone is 3. The second-order valence-corrected chi connectivity index (χ2v) is 18.6. The van der Waals surface area contributed by atoms with E-state index in [0.717, 1.165) is 57.8 Å². The van der Waals surface area contributed by atoms with Gasteiger partial charge in [-0.1, -0.05) is 173 Å². The van der Waals surface area contributed by atoms with E-state index in [9.17, 15) is 45.6 Å². The minimum absolute atomic E-state index is 0.249. The number of carbonyl (C=O) groups is 1. The number of hydrogen-bond acceptors (Lipinski definition) is 13. The molecule has 14 nitrogen and oxygen atoms in total. The van der Waals surface area contributed by atoms with E-state index in [2.05, 4.69) is 31.3 Å². The molecule has 1 amide bonds. The van der Waals surface area contributed by atoms with Crippen molar-refractivity contribution in [3.63, 3.8) is 0 Å². The number of unbranched alkanes of at least 4 members (excludes halogenated alkanes) is 25. The largest absolute Gasteiger partial charge is 0.394 e. The third-order valence-corrected chi connectivity index (χ3v) is 12.9. The molecule has 12 unspecified atom stereocenters. The van der Waals surface area contributed by atoms with Gasteiger partial charge in [-0.15, -0.1) is 0 Å². The van der Waals surface area contributed by atoms with E-state index in [0.29, 0.717) is 6.42 Å². The van der Waals surface area contributed by atoms with Crippen molar-refractivity contribution in [1.29, 1.82) is 0 Å². The lowest BCUT2D eigenvalue weighted by Crippen LogP contribution is -2.65. The van der Waals surface area contributed by atoms with Crippen molar-refractivity contribution in [2.24, 2.45) is 0 Å². The Kier molecular flexibility index (Phi) is 35.1. The smallest absolute Gasteiger partial charge is 0.220 e. The highest BCUT2D eigenvalue weighted by Gasteiger charge is 2.51. The van der Waals surface area contributed by atoms with Crippen LogP contribution >= 0.6 is 0 Å². The molecule has 2 aliphatic heterocycles. The van der Waals surface area contributed by atoms with Crippen LogP contribution in [0.3, 0.4) is 0 Å². The van der Waals surface area contributed by atoms with Gasteiger partial charge in [-0.25, -0.2) is 0 Å². The number of hydrogen-bond donors (Lipinski definition) is 9. The highest BCUT2D eigenvalue weighted by molar-refractivity contribution is 5.76. The zero-order valence-corrected chi connectivity index (χ0v) is 40.5. The van der Waals surface area contributed by atoms with Gasteiger partial charge in [-0.3, -0.25) is 4.79 Å². The molecule has 2 fully saturated rings. The Labute approximate surface area is 392 Å². The Morgan fingerprint density at radius 3 is 1.48 bits per heavy atom. The molecule has 0 aromatic rings. The summed E-state index contributed by atoms with van der Waals surface area (Å²) < 4.78 is 22.7.